The van der Waals surface area contributed by atoms with E-state index in [1.807, 2.05) is 33.9 Å². The fraction of sp³-hybridized carbons (Fsp3) is 0.650. The summed E-state index contributed by atoms with van der Waals surface area (Å²) in [4.78, 5) is 4.78. The molecule has 1 aliphatic rings. The molecule has 1 radical (unpaired) electrons. The lowest BCUT2D eigenvalue weighted by Crippen LogP contribution is -2.59. The molecule has 1 aliphatic heterocycles. The summed E-state index contributed by atoms with van der Waals surface area (Å²) >= 11 is 0. The zero-order chi connectivity index (χ0) is 17.1. The van der Waals surface area contributed by atoms with Gasteiger partial charge in [0, 0.05) is 17.3 Å². The number of hydrogen-bond donors (Lipinski definition) is 0. The SMILES string of the molecule is CCCCc1ccc(C=NC2CC(C)(C)N([O])C(C)(C)C2)cc1. The highest BCUT2D eigenvalue weighted by Crippen LogP contribution is 2.38. The van der Waals surface area contributed by atoms with Crippen LogP contribution in [0.2, 0.25) is 0 Å². The Balaban J connectivity index is 2.02. The molecule has 1 fully saturated rings. The maximum absolute atomic E-state index is 12.4. The number of hydrogen-bond acceptors (Lipinski definition) is 2. The van der Waals surface area contributed by atoms with Crippen molar-refractivity contribution in [2.75, 3.05) is 0 Å². The molecule has 0 N–H and O–H groups in total. The van der Waals surface area contributed by atoms with E-state index in [2.05, 4.69) is 31.2 Å². The summed E-state index contributed by atoms with van der Waals surface area (Å²) in [5.74, 6) is 0. The largest absolute Gasteiger partial charge is 0.289 e. The van der Waals surface area contributed by atoms with Crippen molar-refractivity contribution >= 4 is 6.21 Å². The van der Waals surface area contributed by atoms with Crippen LogP contribution in [-0.2, 0) is 11.6 Å². The van der Waals surface area contributed by atoms with Gasteiger partial charge in [0.05, 0.1) is 6.04 Å². The minimum atomic E-state index is -0.353. The van der Waals surface area contributed by atoms with Gasteiger partial charge in [-0.2, -0.15) is 0 Å². The lowest BCUT2D eigenvalue weighted by molar-refractivity contribution is -0.288. The second-order valence-electron chi connectivity index (χ2n) is 8.10. The summed E-state index contributed by atoms with van der Waals surface area (Å²) in [6.45, 7) is 10.3. The van der Waals surface area contributed by atoms with Crippen LogP contribution >= 0.6 is 0 Å². The normalized spacial score (nSPS) is 21.8. The van der Waals surface area contributed by atoms with E-state index < -0.39 is 0 Å². The van der Waals surface area contributed by atoms with Crippen LogP contribution in [0, 0.1) is 0 Å². The van der Waals surface area contributed by atoms with E-state index in [4.69, 9.17) is 4.99 Å². The van der Waals surface area contributed by atoms with Gasteiger partial charge >= 0.3 is 0 Å². The maximum atomic E-state index is 12.4. The van der Waals surface area contributed by atoms with Crippen LogP contribution in [0.25, 0.3) is 0 Å². The van der Waals surface area contributed by atoms with Crippen LogP contribution in [0.1, 0.15) is 71.4 Å². The summed E-state index contributed by atoms with van der Waals surface area (Å²) < 4.78 is 0. The van der Waals surface area contributed by atoms with Crippen molar-refractivity contribution in [1.82, 2.24) is 5.06 Å². The molecule has 0 saturated carbocycles. The summed E-state index contributed by atoms with van der Waals surface area (Å²) in [5, 5.41) is 13.6. The quantitative estimate of drug-likeness (QED) is 0.718. The van der Waals surface area contributed by atoms with E-state index in [0.29, 0.717) is 0 Å². The summed E-state index contributed by atoms with van der Waals surface area (Å²) in [7, 11) is 0. The first-order valence-corrected chi connectivity index (χ1v) is 8.84. The molecule has 0 spiro atoms. The zero-order valence-corrected chi connectivity index (χ0v) is 15.3. The Kier molecular flexibility index (Phi) is 5.64. The van der Waals surface area contributed by atoms with Crippen LogP contribution < -0.4 is 0 Å². The molecule has 127 valence electrons. The van der Waals surface area contributed by atoms with Gasteiger partial charge in [-0.05, 0) is 64.5 Å². The zero-order valence-electron chi connectivity index (χ0n) is 15.3. The van der Waals surface area contributed by atoms with Crippen molar-refractivity contribution in [2.24, 2.45) is 4.99 Å². The first kappa shape index (κ1) is 18.2. The Bertz CT molecular complexity index is 513. The Labute approximate surface area is 141 Å². The van der Waals surface area contributed by atoms with E-state index >= 15 is 0 Å². The monoisotopic (exact) mass is 315 g/mol. The highest BCUT2D eigenvalue weighted by atomic mass is 16.5. The van der Waals surface area contributed by atoms with Gasteiger partial charge in [0.1, 0.15) is 0 Å². The Morgan fingerprint density at radius 1 is 1.13 bits per heavy atom. The van der Waals surface area contributed by atoms with E-state index in [-0.39, 0.29) is 17.1 Å². The second-order valence-corrected chi connectivity index (χ2v) is 8.10. The number of piperidine rings is 1. The molecule has 1 heterocycles. The van der Waals surface area contributed by atoms with Crippen molar-refractivity contribution in [2.45, 2.75) is 83.8 Å². The molecule has 0 amide bonds. The van der Waals surface area contributed by atoms with Gasteiger partial charge in [-0.3, -0.25) is 4.99 Å². The molecular weight excluding hydrogens is 284 g/mol. The third-order valence-corrected chi connectivity index (χ3v) is 4.80. The standard InChI is InChI=1S/C20H31N2O/c1-6-7-8-16-9-11-17(12-10-16)15-21-18-13-19(2,3)22(23)20(4,5)14-18/h9-12,15,18H,6-8,13-14H2,1-5H3. The average Bonchev–Trinajstić information content (AvgIpc) is 2.49. The first-order valence-electron chi connectivity index (χ1n) is 8.84. The fourth-order valence-electron chi connectivity index (χ4n) is 3.66. The fourth-order valence-corrected chi connectivity index (χ4v) is 3.66. The van der Waals surface area contributed by atoms with Gasteiger partial charge in [-0.15, -0.1) is 10.3 Å². The van der Waals surface area contributed by atoms with Gasteiger partial charge in [0.15, 0.2) is 0 Å². The Morgan fingerprint density at radius 2 is 1.70 bits per heavy atom. The topological polar surface area (TPSA) is 35.5 Å². The molecule has 2 rings (SSSR count). The third-order valence-electron chi connectivity index (χ3n) is 4.80. The van der Waals surface area contributed by atoms with E-state index in [9.17, 15) is 5.21 Å². The number of aliphatic imine (C=N–C) groups is 1. The number of unbranched alkanes of at least 4 members (excludes halogenated alkanes) is 1. The van der Waals surface area contributed by atoms with Crippen molar-refractivity contribution in [3.63, 3.8) is 0 Å². The number of benzene rings is 1. The lowest BCUT2D eigenvalue weighted by atomic mass is 9.79. The molecule has 1 aromatic rings. The minimum Gasteiger partial charge on any atom is -0.289 e. The van der Waals surface area contributed by atoms with Gasteiger partial charge in [-0.1, -0.05) is 37.6 Å². The van der Waals surface area contributed by atoms with Crippen molar-refractivity contribution in [1.29, 1.82) is 0 Å². The Hall–Kier alpha value is -1.19. The van der Waals surface area contributed by atoms with E-state index in [0.717, 1.165) is 24.8 Å². The number of rotatable bonds is 5. The summed E-state index contributed by atoms with van der Waals surface area (Å²) in [6, 6.07) is 8.90. The first-order chi connectivity index (χ1) is 10.7. The van der Waals surface area contributed by atoms with Crippen LogP contribution in [0.4, 0.5) is 0 Å². The molecule has 3 heteroatoms. The third kappa shape index (κ3) is 4.65. The molecule has 1 saturated heterocycles. The van der Waals surface area contributed by atoms with E-state index in [1.54, 1.807) is 0 Å². The average molecular weight is 315 g/mol. The molecule has 23 heavy (non-hydrogen) atoms. The van der Waals surface area contributed by atoms with Gasteiger partial charge < -0.3 is 0 Å². The second kappa shape index (κ2) is 7.14. The summed E-state index contributed by atoms with van der Waals surface area (Å²) in [6.07, 6.45) is 7.22. The van der Waals surface area contributed by atoms with Crippen molar-refractivity contribution in [3.05, 3.63) is 35.4 Å². The van der Waals surface area contributed by atoms with Crippen molar-refractivity contribution in [3.8, 4) is 0 Å². The molecule has 0 aliphatic carbocycles. The lowest BCUT2D eigenvalue weighted by Gasteiger charge is -2.48. The van der Waals surface area contributed by atoms with Crippen molar-refractivity contribution < 1.29 is 5.21 Å². The molecule has 0 aromatic heterocycles. The highest BCUT2D eigenvalue weighted by Gasteiger charge is 2.45. The Morgan fingerprint density at radius 3 is 2.22 bits per heavy atom. The van der Waals surface area contributed by atoms with Gasteiger partial charge in [0.25, 0.3) is 0 Å². The molecular formula is C20H31N2O. The number of aryl methyl sites for hydroxylation is 1. The predicted molar refractivity (Wildman–Crippen MR) is 96.4 cm³/mol. The van der Waals surface area contributed by atoms with Crippen LogP contribution in [0.5, 0.6) is 0 Å². The predicted octanol–water partition coefficient (Wildman–Crippen LogP) is 4.82. The molecule has 1 aromatic carbocycles. The molecule has 0 unspecified atom stereocenters. The molecule has 0 atom stereocenters. The van der Waals surface area contributed by atoms with Crippen LogP contribution in [0.15, 0.2) is 29.3 Å². The van der Waals surface area contributed by atoms with Crippen LogP contribution in [0.3, 0.4) is 0 Å². The number of hydroxylamine groups is 2. The van der Waals surface area contributed by atoms with Gasteiger partial charge in [-0.25, -0.2) is 0 Å². The highest BCUT2D eigenvalue weighted by molar-refractivity contribution is 5.79. The van der Waals surface area contributed by atoms with Crippen LogP contribution in [-0.4, -0.2) is 28.4 Å². The maximum Gasteiger partial charge on any atom is 0.0536 e. The number of nitrogens with zero attached hydrogens (tertiary/aromatic N) is 2. The van der Waals surface area contributed by atoms with Gasteiger partial charge in [0.2, 0.25) is 0 Å². The smallest absolute Gasteiger partial charge is 0.0536 e. The molecule has 3 nitrogen and oxygen atoms in total. The minimum absolute atomic E-state index is 0.213. The molecule has 0 bridgehead atoms. The summed E-state index contributed by atoms with van der Waals surface area (Å²) in [5.41, 5.74) is 1.83. The van der Waals surface area contributed by atoms with E-state index in [1.165, 1.54) is 23.5 Å².